The van der Waals surface area contributed by atoms with Crippen molar-refractivity contribution in [3.8, 4) is 0 Å². The molecule has 1 saturated heterocycles. The van der Waals surface area contributed by atoms with Crippen LogP contribution in [0.15, 0.2) is 0 Å². The van der Waals surface area contributed by atoms with Crippen LogP contribution >= 0.6 is 0 Å². The average Bonchev–Trinajstić information content (AvgIpc) is 2.47. The monoisotopic (exact) mass is 169 g/mol. The Bertz CT molecular complexity index is 139. The van der Waals surface area contributed by atoms with E-state index >= 15 is 0 Å². The van der Waals surface area contributed by atoms with E-state index in [1.54, 1.807) is 0 Å². The summed E-state index contributed by atoms with van der Waals surface area (Å²) in [7, 11) is 0. The fourth-order valence-electron chi connectivity index (χ4n) is 2.27. The predicted molar refractivity (Wildman–Crippen MR) is 49.0 cm³/mol. The second-order valence-corrected chi connectivity index (χ2v) is 4.30. The van der Waals surface area contributed by atoms with Gasteiger partial charge in [-0.15, -0.1) is 0 Å². The summed E-state index contributed by atoms with van der Waals surface area (Å²) in [6.07, 6.45) is 7.47. The molecule has 0 amide bonds. The lowest BCUT2D eigenvalue weighted by molar-refractivity contribution is 0.0883. The average molecular weight is 169 g/mol. The van der Waals surface area contributed by atoms with Crippen LogP contribution in [0.2, 0.25) is 0 Å². The number of nitrogens with one attached hydrogen (secondary N) is 1. The highest BCUT2D eigenvalue weighted by Crippen LogP contribution is 2.31. The number of aliphatic hydroxyl groups excluding tert-OH is 1. The zero-order chi connectivity index (χ0) is 8.39. The molecule has 0 aromatic carbocycles. The fourth-order valence-corrected chi connectivity index (χ4v) is 2.27. The topological polar surface area (TPSA) is 32.3 Å². The lowest BCUT2D eigenvalue weighted by atomic mass is 9.80. The first-order chi connectivity index (χ1) is 5.86. The van der Waals surface area contributed by atoms with Crippen molar-refractivity contribution in [3.05, 3.63) is 0 Å². The Morgan fingerprint density at radius 2 is 2.08 bits per heavy atom. The quantitative estimate of drug-likeness (QED) is 0.667. The molecule has 0 aromatic heterocycles. The van der Waals surface area contributed by atoms with Crippen LogP contribution in [0.5, 0.6) is 0 Å². The van der Waals surface area contributed by atoms with Crippen molar-refractivity contribution in [3.63, 3.8) is 0 Å². The van der Waals surface area contributed by atoms with Crippen molar-refractivity contribution < 1.29 is 5.11 Å². The highest BCUT2D eigenvalue weighted by Gasteiger charge is 2.27. The van der Waals surface area contributed by atoms with E-state index in [0.717, 1.165) is 18.9 Å². The lowest BCUT2D eigenvalue weighted by Gasteiger charge is -2.29. The Hall–Kier alpha value is -0.0800. The zero-order valence-electron chi connectivity index (χ0n) is 7.63. The molecule has 1 aliphatic carbocycles. The summed E-state index contributed by atoms with van der Waals surface area (Å²) >= 11 is 0. The van der Waals surface area contributed by atoms with Crippen LogP contribution in [-0.4, -0.2) is 23.8 Å². The van der Waals surface area contributed by atoms with E-state index in [0.29, 0.717) is 6.04 Å². The van der Waals surface area contributed by atoms with Crippen LogP contribution in [0.4, 0.5) is 0 Å². The maximum absolute atomic E-state index is 9.82. The molecule has 2 nitrogen and oxygen atoms in total. The summed E-state index contributed by atoms with van der Waals surface area (Å²) in [5.41, 5.74) is 0. The zero-order valence-corrected chi connectivity index (χ0v) is 7.63. The van der Waals surface area contributed by atoms with Gasteiger partial charge in [0.15, 0.2) is 0 Å². The summed E-state index contributed by atoms with van der Waals surface area (Å²) in [5.74, 6) is 0.836. The molecule has 2 aliphatic rings. The van der Waals surface area contributed by atoms with E-state index in [1.807, 2.05) is 0 Å². The maximum Gasteiger partial charge on any atom is 0.0695 e. The third-order valence-corrected chi connectivity index (χ3v) is 3.36. The molecule has 2 N–H and O–H groups in total. The van der Waals surface area contributed by atoms with Gasteiger partial charge in [0.25, 0.3) is 0 Å². The number of aliphatic hydroxyl groups is 1. The van der Waals surface area contributed by atoms with E-state index in [2.05, 4.69) is 5.32 Å². The standard InChI is InChI=1S/C10H19NO/c12-10(7-8-3-1-4-8)9-5-2-6-11-9/h8-12H,1-7H2. The largest absolute Gasteiger partial charge is 0.391 e. The van der Waals surface area contributed by atoms with Crippen LogP contribution < -0.4 is 5.32 Å². The van der Waals surface area contributed by atoms with Crippen molar-refractivity contribution in [2.24, 2.45) is 5.92 Å². The molecule has 70 valence electrons. The maximum atomic E-state index is 9.82. The summed E-state index contributed by atoms with van der Waals surface area (Å²) in [6.45, 7) is 1.10. The minimum absolute atomic E-state index is 0.0715. The lowest BCUT2D eigenvalue weighted by Crippen LogP contribution is -2.36. The molecule has 0 aromatic rings. The fraction of sp³-hybridized carbons (Fsp3) is 1.00. The second kappa shape index (κ2) is 3.75. The number of hydrogen-bond donors (Lipinski definition) is 2. The second-order valence-electron chi connectivity index (χ2n) is 4.30. The van der Waals surface area contributed by atoms with Crippen molar-refractivity contribution in [1.29, 1.82) is 0 Å². The molecule has 0 bridgehead atoms. The van der Waals surface area contributed by atoms with Gasteiger partial charge in [0, 0.05) is 6.04 Å². The molecule has 1 saturated carbocycles. The van der Waals surface area contributed by atoms with Crippen LogP contribution in [-0.2, 0) is 0 Å². The minimum atomic E-state index is -0.0715. The van der Waals surface area contributed by atoms with E-state index in [-0.39, 0.29) is 6.10 Å². The predicted octanol–water partition coefficient (Wildman–Crippen LogP) is 1.29. The van der Waals surface area contributed by atoms with E-state index in [9.17, 15) is 5.11 Å². The Kier molecular flexibility index (Phi) is 2.66. The van der Waals surface area contributed by atoms with Gasteiger partial charge in [-0.1, -0.05) is 19.3 Å². The van der Waals surface area contributed by atoms with Gasteiger partial charge in [-0.05, 0) is 31.7 Å². The molecule has 0 radical (unpaired) electrons. The van der Waals surface area contributed by atoms with Crippen LogP contribution in [0.25, 0.3) is 0 Å². The van der Waals surface area contributed by atoms with Gasteiger partial charge < -0.3 is 10.4 Å². The molecule has 2 unspecified atom stereocenters. The van der Waals surface area contributed by atoms with Crippen molar-refractivity contribution in [2.45, 2.75) is 50.7 Å². The third-order valence-electron chi connectivity index (χ3n) is 3.36. The summed E-state index contributed by atoms with van der Waals surface area (Å²) < 4.78 is 0. The Balaban J connectivity index is 1.71. The Morgan fingerprint density at radius 3 is 2.58 bits per heavy atom. The molecule has 1 heterocycles. The molecular weight excluding hydrogens is 150 g/mol. The smallest absolute Gasteiger partial charge is 0.0695 e. The van der Waals surface area contributed by atoms with Gasteiger partial charge >= 0.3 is 0 Å². The molecule has 2 heteroatoms. The van der Waals surface area contributed by atoms with Gasteiger partial charge in [0.2, 0.25) is 0 Å². The first kappa shape index (κ1) is 8.52. The van der Waals surface area contributed by atoms with Gasteiger partial charge in [0.05, 0.1) is 6.10 Å². The molecule has 2 fully saturated rings. The van der Waals surface area contributed by atoms with Crippen molar-refractivity contribution in [1.82, 2.24) is 5.32 Å². The summed E-state index contributed by atoms with van der Waals surface area (Å²) in [6, 6.07) is 0.408. The van der Waals surface area contributed by atoms with Crippen LogP contribution in [0.3, 0.4) is 0 Å². The molecule has 12 heavy (non-hydrogen) atoms. The molecular formula is C10H19NO. The van der Waals surface area contributed by atoms with E-state index < -0.39 is 0 Å². The molecule has 2 rings (SSSR count). The highest BCUT2D eigenvalue weighted by molar-refractivity contribution is 4.84. The van der Waals surface area contributed by atoms with Crippen LogP contribution in [0, 0.1) is 5.92 Å². The van der Waals surface area contributed by atoms with E-state index in [1.165, 1.54) is 32.1 Å². The SMILES string of the molecule is OC(CC1CCC1)C1CCCN1. The Morgan fingerprint density at radius 1 is 1.25 bits per heavy atom. The summed E-state index contributed by atoms with van der Waals surface area (Å²) in [4.78, 5) is 0. The normalized spacial score (nSPS) is 33.2. The molecule has 0 spiro atoms. The highest BCUT2D eigenvalue weighted by atomic mass is 16.3. The first-order valence-electron chi connectivity index (χ1n) is 5.28. The van der Waals surface area contributed by atoms with Crippen LogP contribution in [0.1, 0.15) is 38.5 Å². The summed E-state index contributed by atoms with van der Waals surface area (Å²) in [5, 5.41) is 13.2. The molecule has 1 aliphatic heterocycles. The molecule has 2 atom stereocenters. The minimum Gasteiger partial charge on any atom is -0.391 e. The van der Waals surface area contributed by atoms with Gasteiger partial charge in [-0.2, -0.15) is 0 Å². The van der Waals surface area contributed by atoms with Gasteiger partial charge in [-0.3, -0.25) is 0 Å². The Labute approximate surface area is 74.4 Å². The number of hydrogen-bond acceptors (Lipinski definition) is 2. The van der Waals surface area contributed by atoms with E-state index in [4.69, 9.17) is 0 Å². The van der Waals surface area contributed by atoms with Gasteiger partial charge in [0.1, 0.15) is 0 Å². The number of rotatable bonds is 3. The van der Waals surface area contributed by atoms with Gasteiger partial charge in [-0.25, -0.2) is 0 Å². The van der Waals surface area contributed by atoms with Crippen molar-refractivity contribution >= 4 is 0 Å². The van der Waals surface area contributed by atoms with Crippen molar-refractivity contribution in [2.75, 3.05) is 6.54 Å². The first-order valence-corrected chi connectivity index (χ1v) is 5.28. The third kappa shape index (κ3) is 1.80.